The van der Waals surface area contributed by atoms with Crippen LogP contribution in [-0.2, 0) is 4.79 Å². The number of hydroxylamine groups is 1. The van der Waals surface area contributed by atoms with Gasteiger partial charge in [0.1, 0.15) is 0 Å². The first-order chi connectivity index (χ1) is 7.13. The van der Waals surface area contributed by atoms with Gasteiger partial charge in [0.25, 0.3) is 11.6 Å². The molecule has 6 nitrogen and oxygen atoms in total. The molecule has 0 fully saturated rings. The van der Waals surface area contributed by atoms with Gasteiger partial charge in [-0.2, -0.15) is 0 Å². The standard InChI is InChI=1S/C9H8N2O4/c12-9(10-13)5-4-7-2-1-3-8(6-7)11(14)15/h1-6,13H,(H,10,12). The van der Waals surface area contributed by atoms with Gasteiger partial charge >= 0.3 is 0 Å². The third kappa shape index (κ3) is 3.20. The molecule has 1 rings (SSSR count). The Kier molecular flexibility index (Phi) is 3.53. The van der Waals surface area contributed by atoms with Crippen LogP contribution < -0.4 is 5.48 Å². The Balaban J connectivity index is 2.87. The predicted molar refractivity (Wildman–Crippen MR) is 52.1 cm³/mol. The number of amides is 1. The number of carbonyl (C=O) groups is 1. The molecule has 0 radical (unpaired) electrons. The summed E-state index contributed by atoms with van der Waals surface area (Å²) in [5, 5.41) is 18.6. The number of nitrogens with one attached hydrogen (secondary N) is 1. The van der Waals surface area contributed by atoms with Crippen molar-refractivity contribution in [1.29, 1.82) is 0 Å². The fourth-order valence-corrected chi connectivity index (χ4v) is 0.951. The molecule has 0 unspecified atom stereocenters. The summed E-state index contributed by atoms with van der Waals surface area (Å²) >= 11 is 0. The van der Waals surface area contributed by atoms with Gasteiger partial charge in [0.05, 0.1) is 4.92 Å². The van der Waals surface area contributed by atoms with Gasteiger partial charge in [0.15, 0.2) is 0 Å². The van der Waals surface area contributed by atoms with Crippen molar-refractivity contribution in [3.8, 4) is 0 Å². The van der Waals surface area contributed by atoms with Gasteiger partial charge in [0.2, 0.25) is 0 Å². The Morgan fingerprint density at radius 2 is 2.27 bits per heavy atom. The monoisotopic (exact) mass is 208 g/mol. The first kappa shape index (κ1) is 10.9. The second kappa shape index (κ2) is 4.87. The van der Waals surface area contributed by atoms with Crippen molar-refractivity contribution < 1.29 is 14.9 Å². The Bertz CT molecular complexity index is 414. The molecule has 78 valence electrons. The maximum Gasteiger partial charge on any atom is 0.270 e. The molecule has 2 N–H and O–H groups in total. The summed E-state index contributed by atoms with van der Waals surface area (Å²) in [4.78, 5) is 20.5. The molecule has 0 saturated carbocycles. The average Bonchev–Trinajstić information content (AvgIpc) is 2.26. The number of nitro groups is 1. The van der Waals surface area contributed by atoms with Gasteiger partial charge < -0.3 is 0 Å². The van der Waals surface area contributed by atoms with Crippen molar-refractivity contribution in [3.63, 3.8) is 0 Å². The van der Waals surface area contributed by atoms with Crippen molar-refractivity contribution in [2.24, 2.45) is 0 Å². The quantitative estimate of drug-likeness (QED) is 0.337. The zero-order valence-electron chi connectivity index (χ0n) is 7.58. The highest BCUT2D eigenvalue weighted by molar-refractivity contribution is 5.90. The topological polar surface area (TPSA) is 92.5 Å². The number of non-ortho nitro benzene ring substituents is 1. The molecule has 0 bridgehead atoms. The molecule has 0 aliphatic rings. The molecule has 6 heteroatoms. The van der Waals surface area contributed by atoms with Crippen LogP contribution in [0.15, 0.2) is 30.3 Å². The van der Waals surface area contributed by atoms with E-state index >= 15 is 0 Å². The highest BCUT2D eigenvalue weighted by atomic mass is 16.6. The van der Waals surface area contributed by atoms with Gasteiger partial charge in [-0.15, -0.1) is 0 Å². The lowest BCUT2D eigenvalue weighted by molar-refractivity contribution is -0.384. The predicted octanol–water partition coefficient (Wildman–Crippen LogP) is 1.11. The number of hydrogen-bond donors (Lipinski definition) is 2. The zero-order chi connectivity index (χ0) is 11.3. The zero-order valence-corrected chi connectivity index (χ0v) is 7.58. The molecule has 15 heavy (non-hydrogen) atoms. The fourth-order valence-electron chi connectivity index (χ4n) is 0.951. The van der Waals surface area contributed by atoms with Crippen LogP contribution in [0.1, 0.15) is 5.56 Å². The van der Waals surface area contributed by atoms with Crippen LogP contribution in [0.4, 0.5) is 5.69 Å². The van der Waals surface area contributed by atoms with Crippen molar-refractivity contribution in [2.45, 2.75) is 0 Å². The molecule has 1 aromatic carbocycles. The van der Waals surface area contributed by atoms with E-state index in [0.717, 1.165) is 6.08 Å². The van der Waals surface area contributed by atoms with Crippen LogP contribution >= 0.6 is 0 Å². The van der Waals surface area contributed by atoms with Crippen LogP contribution in [0.3, 0.4) is 0 Å². The molecule has 0 aromatic heterocycles. The summed E-state index contributed by atoms with van der Waals surface area (Å²) in [5.74, 6) is -0.693. The Morgan fingerprint density at radius 1 is 1.53 bits per heavy atom. The lowest BCUT2D eigenvalue weighted by atomic mass is 10.2. The molecule has 0 aliphatic heterocycles. The van der Waals surface area contributed by atoms with E-state index in [1.807, 2.05) is 0 Å². The minimum absolute atomic E-state index is 0.0541. The summed E-state index contributed by atoms with van der Waals surface area (Å²) in [7, 11) is 0. The molecule has 0 atom stereocenters. The molecule has 1 aromatic rings. The SMILES string of the molecule is O=C(C=Cc1cccc([N+](=O)[O-])c1)NO. The summed E-state index contributed by atoms with van der Waals surface area (Å²) in [6.07, 6.45) is 2.43. The Hall–Kier alpha value is -2.21. The minimum atomic E-state index is -0.693. The number of nitro benzene ring substituents is 1. The summed E-state index contributed by atoms with van der Waals surface area (Å²) in [6.45, 7) is 0. The van der Waals surface area contributed by atoms with Crippen LogP contribution in [0.2, 0.25) is 0 Å². The van der Waals surface area contributed by atoms with E-state index in [4.69, 9.17) is 5.21 Å². The summed E-state index contributed by atoms with van der Waals surface area (Å²) in [6, 6.07) is 5.79. The number of hydrogen-bond acceptors (Lipinski definition) is 4. The second-order valence-corrected chi connectivity index (χ2v) is 2.66. The number of carbonyl (C=O) groups excluding carboxylic acids is 1. The first-order valence-corrected chi connectivity index (χ1v) is 4.00. The van der Waals surface area contributed by atoms with E-state index in [1.165, 1.54) is 29.8 Å². The van der Waals surface area contributed by atoms with Gasteiger partial charge in [-0.3, -0.25) is 20.1 Å². The first-order valence-electron chi connectivity index (χ1n) is 4.00. The molecule has 0 spiro atoms. The van der Waals surface area contributed by atoms with Crippen LogP contribution in [0, 0.1) is 10.1 Å². The average molecular weight is 208 g/mol. The van der Waals surface area contributed by atoms with Gasteiger partial charge in [-0.25, -0.2) is 5.48 Å². The Labute approximate surface area is 84.9 Å². The number of benzene rings is 1. The third-order valence-electron chi connectivity index (χ3n) is 1.62. The lowest BCUT2D eigenvalue weighted by Gasteiger charge is -1.93. The van der Waals surface area contributed by atoms with E-state index in [-0.39, 0.29) is 5.69 Å². The van der Waals surface area contributed by atoms with Crippen LogP contribution in [0.25, 0.3) is 6.08 Å². The third-order valence-corrected chi connectivity index (χ3v) is 1.62. The molecular formula is C9H8N2O4. The van der Waals surface area contributed by atoms with E-state index in [9.17, 15) is 14.9 Å². The largest absolute Gasteiger partial charge is 0.288 e. The number of nitrogens with zero attached hydrogens (tertiary/aromatic N) is 1. The van der Waals surface area contributed by atoms with Gasteiger partial charge in [0, 0.05) is 18.2 Å². The lowest BCUT2D eigenvalue weighted by Crippen LogP contribution is -2.14. The molecule has 1 amide bonds. The van der Waals surface area contributed by atoms with Gasteiger partial charge in [-0.1, -0.05) is 12.1 Å². The van der Waals surface area contributed by atoms with E-state index in [1.54, 1.807) is 6.07 Å². The summed E-state index contributed by atoms with van der Waals surface area (Å²) < 4.78 is 0. The minimum Gasteiger partial charge on any atom is -0.288 e. The van der Waals surface area contributed by atoms with E-state index in [0.29, 0.717) is 5.56 Å². The maximum atomic E-state index is 10.6. The second-order valence-electron chi connectivity index (χ2n) is 2.66. The van der Waals surface area contributed by atoms with Gasteiger partial charge in [-0.05, 0) is 11.6 Å². The maximum absolute atomic E-state index is 10.6. The smallest absolute Gasteiger partial charge is 0.270 e. The highest BCUT2D eigenvalue weighted by Crippen LogP contribution is 2.13. The molecule has 0 aliphatic carbocycles. The van der Waals surface area contributed by atoms with E-state index in [2.05, 4.69) is 0 Å². The highest BCUT2D eigenvalue weighted by Gasteiger charge is 2.03. The normalized spacial score (nSPS) is 10.2. The van der Waals surface area contributed by atoms with Crippen molar-refractivity contribution in [1.82, 2.24) is 5.48 Å². The molecule has 0 saturated heterocycles. The van der Waals surface area contributed by atoms with E-state index < -0.39 is 10.8 Å². The molecule has 0 heterocycles. The fraction of sp³-hybridized carbons (Fsp3) is 0. The van der Waals surface area contributed by atoms with Crippen molar-refractivity contribution in [3.05, 3.63) is 46.0 Å². The number of rotatable bonds is 3. The molecular weight excluding hydrogens is 200 g/mol. The van der Waals surface area contributed by atoms with Crippen LogP contribution in [-0.4, -0.2) is 16.0 Å². The van der Waals surface area contributed by atoms with Crippen LogP contribution in [0.5, 0.6) is 0 Å². The Morgan fingerprint density at radius 3 is 2.87 bits per heavy atom. The summed E-state index contributed by atoms with van der Waals surface area (Å²) in [5.41, 5.74) is 1.87. The van der Waals surface area contributed by atoms with Crippen molar-refractivity contribution >= 4 is 17.7 Å². The van der Waals surface area contributed by atoms with Crippen molar-refractivity contribution in [2.75, 3.05) is 0 Å².